The molecular formula is C19H16N2O4S. The third kappa shape index (κ3) is 4.31. The number of aliphatic carboxylic acids is 1. The Balaban J connectivity index is 1.98. The summed E-state index contributed by atoms with van der Waals surface area (Å²) in [5, 5.41) is 11.9. The lowest BCUT2D eigenvalue weighted by molar-refractivity contribution is -0.133. The predicted molar refractivity (Wildman–Crippen MR) is 100 cm³/mol. The van der Waals surface area contributed by atoms with E-state index >= 15 is 0 Å². The summed E-state index contributed by atoms with van der Waals surface area (Å²) in [6.45, 7) is 1.45. The second-order valence-electron chi connectivity index (χ2n) is 5.46. The maximum absolute atomic E-state index is 11.1. The average Bonchev–Trinajstić information content (AvgIpc) is 3.05. The lowest BCUT2D eigenvalue weighted by Gasteiger charge is -2.04. The first kappa shape index (κ1) is 17.8. The molecule has 1 aromatic heterocycles. The van der Waals surface area contributed by atoms with Gasteiger partial charge < -0.3 is 14.8 Å². The molecule has 6 nitrogen and oxygen atoms in total. The van der Waals surface area contributed by atoms with Crippen LogP contribution >= 0.6 is 11.8 Å². The van der Waals surface area contributed by atoms with Gasteiger partial charge in [0.15, 0.2) is 5.76 Å². The zero-order chi connectivity index (χ0) is 18.5. The highest BCUT2D eigenvalue weighted by Gasteiger charge is 2.18. The first-order chi connectivity index (χ1) is 12.5. The lowest BCUT2D eigenvalue weighted by Crippen LogP contribution is -2.05. The van der Waals surface area contributed by atoms with Gasteiger partial charge in [-0.2, -0.15) is 0 Å². The van der Waals surface area contributed by atoms with Crippen LogP contribution in [0.2, 0.25) is 0 Å². The second-order valence-corrected chi connectivity index (χ2v) is 6.39. The van der Waals surface area contributed by atoms with E-state index in [1.807, 2.05) is 42.5 Å². The van der Waals surface area contributed by atoms with Gasteiger partial charge in [-0.05, 0) is 24.3 Å². The number of carboxylic acid groups (broad SMARTS) is 1. The summed E-state index contributed by atoms with van der Waals surface area (Å²) < 4.78 is 5.83. The fourth-order valence-corrected chi connectivity index (χ4v) is 2.93. The number of nitrogens with zero attached hydrogens (tertiary/aromatic N) is 1. The molecule has 1 heterocycles. The number of nitrogens with one attached hydrogen (secondary N) is 1. The molecule has 0 aliphatic heterocycles. The first-order valence-corrected chi connectivity index (χ1v) is 8.80. The fraction of sp³-hybridized carbons (Fsp3) is 0.105. The molecule has 0 bridgehead atoms. The van der Waals surface area contributed by atoms with Crippen molar-refractivity contribution >= 4 is 29.3 Å². The third-order valence-corrected chi connectivity index (χ3v) is 4.25. The molecule has 7 heteroatoms. The Labute approximate surface area is 154 Å². The van der Waals surface area contributed by atoms with Crippen molar-refractivity contribution in [3.8, 4) is 22.6 Å². The van der Waals surface area contributed by atoms with Gasteiger partial charge in [-0.25, -0.2) is 4.98 Å². The van der Waals surface area contributed by atoms with Crippen LogP contribution in [0.15, 0.2) is 64.2 Å². The van der Waals surface area contributed by atoms with E-state index in [0.717, 1.165) is 22.9 Å². The molecule has 26 heavy (non-hydrogen) atoms. The zero-order valence-corrected chi connectivity index (χ0v) is 14.7. The van der Waals surface area contributed by atoms with Crippen molar-refractivity contribution in [1.82, 2.24) is 4.98 Å². The minimum atomic E-state index is -0.935. The van der Waals surface area contributed by atoms with Crippen LogP contribution in [-0.4, -0.2) is 27.7 Å². The van der Waals surface area contributed by atoms with Gasteiger partial charge in [-0.15, -0.1) is 0 Å². The molecule has 1 amide bonds. The number of benzene rings is 2. The van der Waals surface area contributed by atoms with Gasteiger partial charge in [0.05, 0.1) is 0 Å². The van der Waals surface area contributed by atoms with Crippen LogP contribution in [0.5, 0.6) is 0 Å². The van der Waals surface area contributed by atoms with E-state index in [9.17, 15) is 9.59 Å². The number of carboxylic acids is 1. The Hall–Kier alpha value is -3.06. The summed E-state index contributed by atoms with van der Waals surface area (Å²) in [7, 11) is 0. The average molecular weight is 368 g/mol. The Morgan fingerprint density at radius 2 is 1.77 bits per heavy atom. The number of carbonyl (C=O) groups excluding carboxylic acids is 1. The van der Waals surface area contributed by atoms with Crippen LogP contribution in [0.25, 0.3) is 22.6 Å². The summed E-state index contributed by atoms with van der Waals surface area (Å²) in [4.78, 5) is 26.4. The van der Waals surface area contributed by atoms with Crippen LogP contribution in [0.4, 0.5) is 5.69 Å². The van der Waals surface area contributed by atoms with Gasteiger partial charge in [0.1, 0.15) is 11.4 Å². The van der Waals surface area contributed by atoms with Crippen LogP contribution in [-0.2, 0) is 9.59 Å². The van der Waals surface area contributed by atoms with E-state index < -0.39 is 5.97 Å². The molecule has 0 spiro atoms. The Morgan fingerprint density at radius 3 is 2.38 bits per heavy atom. The molecule has 132 valence electrons. The quantitative estimate of drug-likeness (QED) is 0.635. The SMILES string of the molecule is CC(=O)Nc1ccc(-c2oc(SCC(=O)O)nc2-c2ccccc2)cc1. The predicted octanol–water partition coefficient (Wildman–Crippen LogP) is 4.14. The number of oxazole rings is 1. The minimum absolute atomic E-state index is 0.129. The normalized spacial score (nSPS) is 10.5. The molecule has 0 saturated heterocycles. The first-order valence-electron chi connectivity index (χ1n) is 7.82. The van der Waals surface area contributed by atoms with Crippen molar-refractivity contribution < 1.29 is 19.1 Å². The van der Waals surface area contributed by atoms with E-state index in [4.69, 9.17) is 9.52 Å². The smallest absolute Gasteiger partial charge is 0.314 e. The number of hydrogen-bond acceptors (Lipinski definition) is 5. The monoisotopic (exact) mass is 368 g/mol. The Kier molecular flexibility index (Phi) is 5.38. The molecule has 0 saturated carbocycles. The highest BCUT2D eigenvalue weighted by molar-refractivity contribution is 7.99. The molecule has 0 radical (unpaired) electrons. The third-order valence-electron chi connectivity index (χ3n) is 3.44. The van der Waals surface area contributed by atoms with E-state index in [-0.39, 0.29) is 11.7 Å². The summed E-state index contributed by atoms with van der Waals surface area (Å²) >= 11 is 1.03. The van der Waals surface area contributed by atoms with E-state index in [0.29, 0.717) is 22.4 Å². The number of carbonyl (C=O) groups is 2. The molecule has 2 aromatic carbocycles. The van der Waals surface area contributed by atoms with Gasteiger partial charge >= 0.3 is 5.97 Å². The zero-order valence-electron chi connectivity index (χ0n) is 13.9. The summed E-state index contributed by atoms with van der Waals surface area (Å²) in [5.74, 6) is -0.653. The topological polar surface area (TPSA) is 92.4 Å². The van der Waals surface area contributed by atoms with Gasteiger partial charge in [-0.1, -0.05) is 42.1 Å². The summed E-state index contributed by atoms with van der Waals surface area (Å²) in [6, 6.07) is 16.7. The highest BCUT2D eigenvalue weighted by atomic mass is 32.2. The highest BCUT2D eigenvalue weighted by Crippen LogP contribution is 2.36. The molecule has 0 aliphatic rings. The second kappa shape index (κ2) is 7.88. The van der Waals surface area contributed by atoms with Crippen LogP contribution in [0.1, 0.15) is 6.92 Å². The van der Waals surface area contributed by atoms with Crippen molar-refractivity contribution in [2.45, 2.75) is 12.1 Å². The number of hydrogen-bond donors (Lipinski definition) is 2. The summed E-state index contributed by atoms with van der Waals surface area (Å²) in [5.41, 5.74) is 2.99. The van der Waals surface area contributed by atoms with Gasteiger partial charge in [0.25, 0.3) is 5.22 Å². The van der Waals surface area contributed by atoms with Crippen molar-refractivity contribution in [3.05, 3.63) is 54.6 Å². The van der Waals surface area contributed by atoms with E-state index in [1.54, 1.807) is 12.1 Å². The molecule has 2 N–H and O–H groups in total. The van der Waals surface area contributed by atoms with E-state index in [2.05, 4.69) is 10.3 Å². The fourth-order valence-electron chi connectivity index (χ4n) is 2.38. The molecule has 0 atom stereocenters. The van der Waals surface area contributed by atoms with Crippen molar-refractivity contribution in [1.29, 1.82) is 0 Å². The molecule has 0 aliphatic carbocycles. The van der Waals surface area contributed by atoms with Gasteiger partial charge in [0, 0.05) is 23.7 Å². The van der Waals surface area contributed by atoms with Crippen molar-refractivity contribution in [3.63, 3.8) is 0 Å². The van der Waals surface area contributed by atoms with Crippen LogP contribution in [0.3, 0.4) is 0 Å². The maximum atomic E-state index is 11.1. The summed E-state index contributed by atoms with van der Waals surface area (Å²) in [6.07, 6.45) is 0. The standard InChI is InChI=1S/C19H16N2O4S/c1-12(22)20-15-9-7-14(8-10-15)18-17(13-5-3-2-4-6-13)21-19(25-18)26-11-16(23)24/h2-10H,11H2,1H3,(H,20,22)(H,23,24). The molecular weight excluding hydrogens is 352 g/mol. The van der Waals surface area contributed by atoms with E-state index in [1.165, 1.54) is 6.92 Å². The van der Waals surface area contributed by atoms with Gasteiger partial charge in [-0.3, -0.25) is 9.59 Å². The maximum Gasteiger partial charge on any atom is 0.314 e. The minimum Gasteiger partial charge on any atom is -0.481 e. The number of anilines is 1. The Bertz CT molecular complexity index is 920. The molecule has 3 rings (SSSR count). The number of aromatic nitrogens is 1. The largest absolute Gasteiger partial charge is 0.481 e. The van der Waals surface area contributed by atoms with Crippen LogP contribution < -0.4 is 5.32 Å². The number of amides is 1. The van der Waals surface area contributed by atoms with Crippen molar-refractivity contribution in [2.75, 3.05) is 11.1 Å². The molecule has 3 aromatic rings. The van der Waals surface area contributed by atoms with Gasteiger partial charge in [0.2, 0.25) is 5.91 Å². The number of thioether (sulfide) groups is 1. The number of rotatable bonds is 6. The lowest BCUT2D eigenvalue weighted by atomic mass is 10.1. The molecule has 0 fully saturated rings. The Morgan fingerprint density at radius 1 is 1.08 bits per heavy atom. The van der Waals surface area contributed by atoms with Crippen molar-refractivity contribution in [2.24, 2.45) is 0 Å². The van der Waals surface area contributed by atoms with Crippen LogP contribution in [0, 0.1) is 0 Å². The molecule has 0 unspecified atom stereocenters.